The van der Waals surface area contributed by atoms with Gasteiger partial charge in [-0.2, -0.15) is 0 Å². The van der Waals surface area contributed by atoms with Gasteiger partial charge in [0.2, 0.25) is 5.91 Å². The number of rotatable bonds is 18. The van der Waals surface area contributed by atoms with E-state index in [1.165, 1.54) is 0 Å². The summed E-state index contributed by atoms with van der Waals surface area (Å²) in [7, 11) is 3.29. The van der Waals surface area contributed by atoms with Crippen molar-refractivity contribution in [1.29, 1.82) is 0 Å². The highest BCUT2D eigenvalue weighted by atomic mass is 19.1. The van der Waals surface area contributed by atoms with Crippen molar-refractivity contribution in [2.24, 2.45) is 23.7 Å². The highest BCUT2D eigenvalue weighted by molar-refractivity contribution is 5.78. The molecule has 3 atom stereocenters. The molecular weight excluding hydrogens is 516 g/mol. The van der Waals surface area contributed by atoms with Crippen molar-refractivity contribution >= 4 is 5.91 Å². The first-order valence-electron chi connectivity index (χ1n) is 14.2. The first-order chi connectivity index (χ1) is 19.0. The fraction of sp³-hybridized carbons (Fsp3) is 0.594. The van der Waals surface area contributed by atoms with Crippen LogP contribution in [0.15, 0.2) is 36.4 Å². The van der Waals surface area contributed by atoms with Gasteiger partial charge < -0.3 is 24.6 Å². The van der Waals surface area contributed by atoms with Crippen LogP contribution in [0.1, 0.15) is 64.5 Å². The third-order valence-electron chi connectivity index (χ3n) is 7.42. The molecule has 2 aromatic rings. The van der Waals surface area contributed by atoms with Crippen LogP contribution >= 0.6 is 0 Å². The molecule has 0 aliphatic heterocycles. The summed E-state index contributed by atoms with van der Waals surface area (Å²) in [4.78, 5) is 12.9. The Kier molecular flexibility index (Phi) is 14.4. The summed E-state index contributed by atoms with van der Waals surface area (Å²) in [6.45, 7) is 9.28. The number of carbonyl (C=O) groups is 1. The van der Waals surface area contributed by atoms with E-state index in [4.69, 9.17) is 14.2 Å². The SMILES string of the molecule is COCCCOc1cc(CC(CC[C@@H](O)CC(C(=O)NCc2cc(F)ccc2F)C(C)C)C(C)C)ccc1OC. The Morgan fingerprint density at radius 3 is 2.35 bits per heavy atom. The third kappa shape index (κ3) is 11.0. The maximum Gasteiger partial charge on any atom is 0.223 e. The van der Waals surface area contributed by atoms with E-state index in [1.54, 1.807) is 14.2 Å². The molecule has 0 aliphatic rings. The van der Waals surface area contributed by atoms with Gasteiger partial charge in [-0.15, -0.1) is 0 Å². The third-order valence-corrected chi connectivity index (χ3v) is 7.42. The van der Waals surface area contributed by atoms with Crippen LogP contribution in [0, 0.1) is 35.3 Å². The number of aliphatic hydroxyl groups is 1. The minimum Gasteiger partial charge on any atom is -0.493 e. The van der Waals surface area contributed by atoms with E-state index in [9.17, 15) is 18.7 Å². The van der Waals surface area contributed by atoms with Crippen LogP contribution in [-0.2, 0) is 22.5 Å². The molecule has 0 aromatic heterocycles. The summed E-state index contributed by atoms with van der Waals surface area (Å²) in [5, 5.41) is 13.6. The molecule has 8 heteroatoms. The highest BCUT2D eigenvalue weighted by Crippen LogP contribution is 2.32. The monoisotopic (exact) mass is 563 g/mol. The summed E-state index contributed by atoms with van der Waals surface area (Å²) >= 11 is 0. The lowest BCUT2D eigenvalue weighted by molar-refractivity contribution is -0.127. The van der Waals surface area contributed by atoms with Crippen molar-refractivity contribution in [3.05, 3.63) is 59.2 Å². The normalized spacial score (nSPS) is 13.8. The lowest BCUT2D eigenvalue weighted by Crippen LogP contribution is -2.35. The van der Waals surface area contributed by atoms with Crippen molar-refractivity contribution in [1.82, 2.24) is 5.32 Å². The van der Waals surface area contributed by atoms with E-state index in [-0.39, 0.29) is 23.9 Å². The van der Waals surface area contributed by atoms with Crippen LogP contribution < -0.4 is 14.8 Å². The summed E-state index contributed by atoms with van der Waals surface area (Å²) in [6.07, 6.45) is 2.64. The Morgan fingerprint density at radius 2 is 1.70 bits per heavy atom. The largest absolute Gasteiger partial charge is 0.493 e. The van der Waals surface area contributed by atoms with Crippen molar-refractivity contribution in [3.8, 4) is 11.5 Å². The number of methoxy groups -OCH3 is 2. The predicted molar refractivity (Wildman–Crippen MR) is 153 cm³/mol. The van der Waals surface area contributed by atoms with Gasteiger partial charge in [0.1, 0.15) is 11.6 Å². The molecule has 0 heterocycles. The molecule has 6 nitrogen and oxygen atoms in total. The van der Waals surface area contributed by atoms with Crippen molar-refractivity contribution < 1.29 is 32.9 Å². The smallest absolute Gasteiger partial charge is 0.223 e. The average molecular weight is 564 g/mol. The van der Waals surface area contributed by atoms with Gasteiger partial charge in [0, 0.05) is 38.2 Å². The number of ether oxygens (including phenoxy) is 3. The maximum absolute atomic E-state index is 14.0. The Morgan fingerprint density at radius 1 is 0.950 bits per heavy atom. The molecule has 224 valence electrons. The van der Waals surface area contributed by atoms with Gasteiger partial charge >= 0.3 is 0 Å². The minimum atomic E-state index is -0.652. The molecule has 0 aliphatic carbocycles. The number of aliphatic hydroxyl groups excluding tert-OH is 1. The summed E-state index contributed by atoms with van der Waals surface area (Å²) in [5.74, 6) is 0.272. The van der Waals surface area contributed by atoms with Crippen LogP contribution in [0.4, 0.5) is 8.78 Å². The first kappa shape index (κ1) is 33.5. The molecule has 2 unspecified atom stereocenters. The zero-order chi connectivity index (χ0) is 29.7. The van der Waals surface area contributed by atoms with Crippen molar-refractivity contribution in [2.45, 2.75) is 72.4 Å². The lowest BCUT2D eigenvalue weighted by atomic mass is 9.82. The molecule has 0 bridgehead atoms. The highest BCUT2D eigenvalue weighted by Gasteiger charge is 2.26. The van der Waals surface area contributed by atoms with E-state index < -0.39 is 23.7 Å². The molecule has 2 aromatic carbocycles. The van der Waals surface area contributed by atoms with E-state index in [1.807, 2.05) is 32.0 Å². The molecule has 2 rings (SSSR count). The molecule has 2 N–H and O–H groups in total. The predicted octanol–water partition coefficient (Wildman–Crippen LogP) is 6.32. The topological polar surface area (TPSA) is 77.0 Å². The van der Waals surface area contributed by atoms with E-state index >= 15 is 0 Å². The van der Waals surface area contributed by atoms with E-state index in [0.717, 1.165) is 43.0 Å². The van der Waals surface area contributed by atoms with E-state index in [2.05, 4.69) is 19.2 Å². The van der Waals surface area contributed by atoms with E-state index in [0.29, 0.717) is 49.4 Å². The van der Waals surface area contributed by atoms with Crippen LogP contribution in [0.5, 0.6) is 11.5 Å². The lowest BCUT2D eigenvalue weighted by Gasteiger charge is -2.26. The summed E-state index contributed by atoms with van der Waals surface area (Å²) in [6, 6.07) is 9.18. The van der Waals surface area contributed by atoms with Gasteiger partial charge in [0.05, 0.1) is 19.8 Å². The quantitative estimate of drug-likeness (QED) is 0.208. The van der Waals surface area contributed by atoms with Crippen molar-refractivity contribution in [2.75, 3.05) is 27.4 Å². The molecule has 0 radical (unpaired) electrons. The van der Waals surface area contributed by atoms with Crippen LogP contribution in [-0.4, -0.2) is 44.6 Å². The standard InChI is InChI=1S/C32H47F2NO5/c1-21(2)24(16-23-8-13-30(39-6)31(17-23)40-15-7-14-38-5)9-11-27(36)19-28(22(3)4)32(37)35-20-25-18-26(33)10-12-29(25)34/h8,10,12-13,17-18,21-22,24,27-28,36H,7,9,11,14-16,19-20H2,1-6H3,(H,35,37)/t24?,27-,28?/m1/s1. The fourth-order valence-corrected chi connectivity index (χ4v) is 4.81. The van der Waals surface area contributed by atoms with Crippen molar-refractivity contribution in [3.63, 3.8) is 0 Å². The summed E-state index contributed by atoms with van der Waals surface area (Å²) in [5.41, 5.74) is 1.23. The second kappa shape index (κ2) is 17.2. The Labute approximate surface area is 238 Å². The number of benzene rings is 2. The number of carbonyl (C=O) groups excluding carboxylic acids is 1. The molecule has 0 saturated heterocycles. The molecular formula is C32H47F2NO5. The van der Waals surface area contributed by atoms with Gasteiger partial charge in [0.15, 0.2) is 11.5 Å². The molecule has 40 heavy (non-hydrogen) atoms. The number of amides is 1. The molecule has 1 amide bonds. The Hall–Kier alpha value is -2.71. The van der Waals surface area contributed by atoms with Gasteiger partial charge in [-0.3, -0.25) is 4.79 Å². The Balaban J connectivity index is 1.96. The molecule has 0 saturated carbocycles. The van der Waals surface area contributed by atoms with Gasteiger partial charge in [-0.05, 0) is 79.3 Å². The number of nitrogens with one attached hydrogen (secondary N) is 1. The zero-order valence-electron chi connectivity index (χ0n) is 24.8. The number of hydrogen-bond acceptors (Lipinski definition) is 5. The van der Waals surface area contributed by atoms with Crippen LogP contribution in [0.25, 0.3) is 0 Å². The minimum absolute atomic E-state index is 0.0190. The van der Waals surface area contributed by atoms with Gasteiger partial charge in [0.25, 0.3) is 0 Å². The Bertz CT molecular complexity index is 1050. The maximum atomic E-state index is 14.0. The van der Waals surface area contributed by atoms with Crippen LogP contribution in [0.3, 0.4) is 0 Å². The first-order valence-corrected chi connectivity index (χ1v) is 14.2. The van der Waals surface area contributed by atoms with Gasteiger partial charge in [-0.25, -0.2) is 8.78 Å². The zero-order valence-corrected chi connectivity index (χ0v) is 24.8. The summed E-state index contributed by atoms with van der Waals surface area (Å²) < 4.78 is 43.9. The van der Waals surface area contributed by atoms with Crippen LogP contribution in [0.2, 0.25) is 0 Å². The molecule has 0 fully saturated rings. The average Bonchev–Trinajstić information content (AvgIpc) is 2.92. The fourth-order valence-electron chi connectivity index (χ4n) is 4.81. The second-order valence-corrected chi connectivity index (χ2v) is 11.2. The second-order valence-electron chi connectivity index (χ2n) is 11.2. The molecule has 0 spiro atoms. The number of halogens is 2. The number of hydrogen-bond donors (Lipinski definition) is 2. The van der Waals surface area contributed by atoms with Gasteiger partial charge in [-0.1, -0.05) is 33.8 Å².